The third-order valence-corrected chi connectivity index (χ3v) is 1.19. The van der Waals surface area contributed by atoms with E-state index >= 15 is 0 Å². The van der Waals surface area contributed by atoms with Crippen LogP contribution in [0.25, 0.3) is 5.73 Å². The summed E-state index contributed by atoms with van der Waals surface area (Å²) in [5.41, 5.74) is 5.68. The van der Waals surface area contributed by atoms with E-state index in [9.17, 15) is 13.6 Å². The Morgan fingerprint density at radius 3 is 1.92 bits per heavy atom. The van der Waals surface area contributed by atoms with E-state index < -0.39 is 23.1 Å². The zero-order valence-corrected chi connectivity index (χ0v) is 8.40. The number of carbonyl (C=O) groups is 1. The second-order valence-electron chi connectivity index (χ2n) is 1.93. The van der Waals surface area contributed by atoms with Crippen LogP contribution in [-0.2, 0) is 0 Å². The van der Waals surface area contributed by atoms with Crippen LogP contribution >= 0.6 is 0 Å². The molecule has 1 N–H and O–H groups in total. The molecule has 0 aliphatic heterocycles. The Bertz CT molecular complexity index is 283. The van der Waals surface area contributed by atoms with Crippen LogP contribution in [0.2, 0.25) is 0 Å². The summed E-state index contributed by atoms with van der Waals surface area (Å²) in [6, 6.07) is 3.01. The van der Waals surface area contributed by atoms with Gasteiger partial charge in [-0.25, -0.2) is 8.78 Å². The van der Waals surface area contributed by atoms with Crippen LogP contribution in [0.15, 0.2) is 18.2 Å². The molecule has 12 heavy (non-hydrogen) atoms. The van der Waals surface area contributed by atoms with Crippen LogP contribution in [0, 0.1) is 11.6 Å². The maximum absolute atomic E-state index is 12.5. The van der Waals surface area contributed by atoms with E-state index in [1.54, 1.807) is 0 Å². The van der Waals surface area contributed by atoms with Gasteiger partial charge < -0.3 is 10.5 Å². The predicted octanol–water partition coefficient (Wildman–Crippen LogP) is -0.839. The number of nitrogens with one attached hydrogen (secondary N) is 1. The van der Waals surface area contributed by atoms with E-state index in [-0.39, 0.29) is 29.6 Å². The van der Waals surface area contributed by atoms with Crippen LogP contribution in [0.1, 0.15) is 10.4 Å². The number of hydrogen-bond donors (Lipinski definition) is 0. The van der Waals surface area contributed by atoms with Crippen LogP contribution in [0.3, 0.4) is 0 Å². The van der Waals surface area contributed by atoms with Crippen LogP contribution < -0.4 is 29.6 Å². The van der Waals surface area contributed by atoms with Crippen molar-refractivity contribution in [2.24, 2.45) is 0 Å². The minimum atomic E-state index is -1.35. The van der Waals surface area contributed by atoms with E-state index in [4.69, 9.17) is 5.73 Å². The van der Waals surface area contributed by atoms with Crippen molar-refractivity contribution < 1.29 is 43.1 Å². The van der Waals surface area contributed by atoms with Crippen molar-refractivity contribution in [1.82, 2.24) is 0 Å². The van der Waals surface area contributed by atoms with Crippen LogP contribution in [0.4, 0.5) is 8.78 Å². The molecule has 0 atom stereocenters. The summed E-state index contributed by atoms with van der Waals surface area (Å²) in [5, 5.41) is 0. The average Bonchev–Trinajstić information content (AvgIpc) is 1.85. The largest absolute Gasteiger partial charge is 1.00 e. The van der Waals surface area contributed by atoms with Gasteiger partial charge in [-0.2, -0.15) is 0 Å². The summed E-state index contributed by atoms with van der Waals surface area (Å²) in [6.45, 7) is 0. The van der Waals surface area contributed by atoms with Crippen molar-refractivity contribution in [2.75, 3.05) is 0 Å². The third kappa shape index (κ3) is 2.27. The van der Waals surface area contributed by atoms with Gasteiger partial charge in [0.25, 0.3) is 0 Å². The molecule has 0 spiro atoms. The Labute approximate surface area is 90.0 Å². The van der Waals surface area contributed by atoms with Crippen molar-refractivity contribution in [3.05, 3.63) is 41.1 Å². The summed E-state index contributed by atoms with van der Waals surface area (Å²) in [6.07, 6.45) is 0. The number of benzene rings is 1. The van der Waals surface area contributed by atoms with Gasteiger partial charge in [0.05, 0.1) is 11.5 Å². The minimum Gasteiger partial charge on any atom is -0.663 e. The molecule has 0 bridgehead atoms. The Balaban J connectivity index is 0.00000121. The second-order valence-corrected chi connectivity index (χ2v) is 1.93. The van der Waals surface area contributed by atoms with Gasteiger partial charge in [-0.15, -0.1) is 0 Å². The van der Waals surface area contributed by atoms with Gasteiger partial charge in [0.15, 0.2) is 0 Å². The normalized spacial score (nSPS) is 8.83. The van der Waals surface area contributed by atoms with E-state index in [0.717, 1.165) is 18.2 Å². The summed E-state index contributed by atoms with van der Waals surface area (Å²) < 4.78 is 25.0. The molecule has 1 rings (SSSR count). The smallest absolute Gasteiger partial charge is 0.663 e. The fraction of sp³-hybridized carbons (Fsp3) is 0. The molecule has 0 radical (unpaired) electrons. The molecule has 0 aromatic heterocycles. The molecule has 5 heteroatoms. The summed E-state index contributed by atoms with van der Waals surface area (Å²) >= 11 is 0. The molecular weight excluding hydrogens is 175 g/mol. The maximum atomic E-state index is 12.5. The van der Waals surface area contributed by atoms with Gasteiger partial charge in [-0.05, 0) is 12.1 Å². The Morgan fingerprint density at radius 1 is 1.25 bits per heavy atom. The van der Waals surface area contributed by atoms with Crippen molar-refractivity contribution in [1.29, 1.82) is 0 Å². The van der Waals surface area contributed by atoms with E-state index in [0.29, 0.717) is 0 Å². The standard InChI is InChI=1S/C7H5F2NO.Na/c8-4-2-1-3-5(9)6(4)7(10)11;/h1-3H,(H2,10,11);/q;+1/p-1. The first-order chi connectivity index (χ1) is 5.13. The van der Waals surface area contributed by atoms with Gasteiger partial charge in [0, 0.05) is 0 Å². The molecule has 0 aliphatic carbocycles. The first kappa shape index (κ1) is 11.6. The van der Waals surface area contributed by atoms with E-state index in [1.165, 1.54) is 0 Å². The van der Waals surface area contributed by atoms with Crippen LogP contribution in [-0.4, -0.2) is 5.91 Å². The third-order valence-electron chi connectivity index (χ3n) is 1.19. The molecule has 1 amide bonds. The predicted molar refractivity (Wildman–Crippen MR) is 35.0 cm³/mol. The zero-order chi connectivity index (χ0) is 8.43. The van der Waals surface area contributed by atoms with Gasteiger partial charge in [0.1, 0.15) is 11.6 Å². The molecule has 0 unspecified atom stereocenters. The Hall–Kier alpha value is -0.450. The molecule has 1 aromatic carbocycles. The molecule has 2 nitrogen and oxygen atoms in total. The molecular formula is C7H4F2NNaO. The number of hydrogen-bond acceptors (Lipinski definition) is 1. The van der Waals surface area contributed by atoms with Gasteiger partial charge in [0.2, 0.25) is 0 Å². The summed E-state index contributed by atoms with van der Waals surface area (Å²) in [5.74, 6) is -3.34. The zero-order valence-electron chi connectivity index (χ0n) is 6.40. The first-order valence-corrected chi connectivity index (χ1v) is 2.83. The number of halogens is 2. The average molecular weight is 179 g/mol. The quantitative estimate of drug-likeness (QED) is 0.518. The number of amides is 1. The van der Waals surface area contributed by atoms with Gasteiger partial charge >= 0.3 is 29.6 Å². The van der Waals surface area contributed by atoms with Crippen molar-refractivity contribution in [3.8, 4) is 0 Å². The molecule has 1 aromatic rings. The van der Waals surface area contributed by atoms with E-state index in [1.807, 2.05) is 0 Å². The van der Waals surface area contributed by atoms with Crippen molar-refractivity contribution >= 4 is 5.91 Å². The fourth-order valence-electron chi connectivity index (χ4n) is 0.715. The molecule has 0 saturated heterocycles. The fourth-order valence-corrected chi connectivity index (χ4v) is 0.715. The van der Waals surface area contributed by atoms with Crippen molar-refractivity contribution in [2.45, 2.75) is 0 Å². The van der Waals surface area contributed by atoms with Gasteiger partial charge in [-0.1, -0.05) is 6.07 Å². The maximum Gasteiger partial charge on any atom is 1.00 e. The molecule has 58 valence electrons. The van der Waals surface area contributed by atoms with E-state index in [2.05, 4.69) is 0 Å². The SMILES string of the molecule is [NH-]C(=O)c1c(F)cccc1F.[Na+]. The summed E-state index contributed by atoms with van der Waals surface area (Å²) in [4.78, 5) is 10.3. The van der Waals surface area contributed by atoms with Gasteiger partial charge in [-0.3, -0.25) is 0 Å². The number of rotatable bonds is 1. The molecule has 0 heterocycles. The van der Waals surface area contributed by atoms with Crippen molar-refractivity contribution in [3.63, 3.8) is 0 Å². The molecule has 0 aliphatic rings. The second kappa shape index (κ2) is 4.54. The monoisotopic (exact) mass is 179 g/mol. The minimum absolute atomic E-state index is 0. The molecule has 0 saturated carbocycles. The molecule has 0 fully saturated rings. The van der Waals surface area contributed by atoms with Crippen LogP contribution in [0.5, 0.6) is 0 Å². The Morgan fingerprint density at radius 2 is 1.67 bits per heavy atom. The summed E-state index contributed by atoms with van der Waals surface area (Å²) in [7, 11) is 0. The topological polar surface area (TPSA) is 40.9 Å². The Kier molecular flexibility index (Phi) is 4.37. The number of carbonyl (C=O) groups excluding carboxylic acids is 1. The first-order valence-electron chi connectivity index (χ1n) is 2.83.